The molecule has 126 valence electrons. The van der Waals surface area contributed by atoms with E-state index in [1.165, 1.54) is 0 Å². The molecule has 0 spiro atoms. The van der Waals surface area contributed by atoms with Gasteiger partial charge in [0.2, 0.25) is 0 Å². The van der Waals surface area contributed by atoms with E-state index in [9.17, 15) is 4.79 Å². The van der Waals surface area contributed by atoms with Gasteiger partial charge in [-0.05, 0) is 55.4 Å². The fraction of sp³-hybridized carbons (Fsp3) is 0.524. The Morgan fingerprint density at radius 1 is 1.38 bits per heavy atom. The Labute approximate surface area is 144 Å². The summed E-state index contributed by atoms with van der Waals surface area (Å²) in [6.45, 7) is 7.41. The van der Waals surface area contributed by atoms with Crippen LogP contribution in [0.5, 0.6) is 0 Å². The Hall–Kier alpha value is -1.85. The maximum atomic E-state index is 11.8. The van der Waals surface area contributed by atoms with Crippen LogP contribution in [-0.4, -0.2) is 24.7 Å². The van der Waals surface area contributed by atoms with Crippen molar-refractivity contribution in [2.75, 3.05) is 13.2 Å². The third-order valence-corrected chi connectivity index (χ3v) is 5.35. The topological polar surface area (TPSA) is 41.6 Å². The van der Waals surface area contributed by atoms with Gasteiger partial charge in [0.15, 0.2) is 5.78 Å². The summed E-state index contributed by atoms with van der Waals surface area (Å²) >= 11 is 0. The normalized spacial score (nSPS) is 30.8. The highest BCUT2D eigenvalue weighted by Crippen LogP contribution is 2.44. The van der Waals surface area contributed by atoms with Gasteiger partial charge in [-0.1, -0.05) is 25.0 Å². The fourth-order valence-electron chi connectivity index (χ4n) is 3.67. The molecule has 0 radical (unpaired) electrons. The minimum atomic E-state index is -0.191. The molecule has 1 N–H and O–H groups in total. The predicted molar refractivity (Wildman–Crippen MR) is 94.3 cm³/mol. The number of hydrogen-bond donors (Lipinski definition) is 1. The standard InChI is InChI=1S/C21H25NO2/c1-3-20(23)16(2)18-10-12-19(13-11-18)21(15-24-21)22-14-17-8-6-4-5-7-9-17/h4-5,8,18-19,22H,2-3,10-15H2,1H3. The minimum absolute atomic E-state index is 0.191. The van der Waals surface area contributed by atoms with Gasteiger partial charge in [0.25, 0.3) is 0 Å². The van der Waals surface area contributed by atoms with Crippen molar-refractivity contribution >= 4 is 5.78 Å². The molecule has 0 aromatic carbocycles. The van der Waals surface area contributed by atoms with Gasteiger partial charge >= 0.3 is 0 Å². The molecule has 3 heteroatoms. The van der Waals surface area contributed by atoms with E-state index in [1.54, 1.807) is 6.08 Å². The molecule has 0 aromatic heterocycles. The van der Waals surface area contributed by atoms with E-state index < -0.39 is 0 Å². The molecule has 1 saturated carbocycles. The first-order valence-electron chi connectivity index (χ1n) is 8.87. The molecule has 24 heavy (non-hydrogen) atoms. The van der Waals surface area contributed by atoms with E-state index in [-0.39, 0.29) is 11.5 Å². The van der Waals surface area contributed by atoms with Crippen molar-refractivity contribution in [3.8, 4) is 0 Å². The molecular formula is C21H25NO2. The molecule has 3 rings (SSSR count). The van der Waals surface area contributed by atoms with E-state index in [1.807, 2.05) is 19.1 Å². The average molecular weight is 323 g/mol. The highest BCUT2D eigenvalue weighted by atomic mass is 16.6. The van der Waals surface area contributed by atoms with Gasteiger partial charge in [-0.3, -0.25) is 10.1 Å². The number of ether oxygens (including phenoxy) is 1. The number of allylic oxidation sites excluding steroid dienone is 2. The van der Waals surface area contributed by atoms with Gasteiger partial charge < -0.3 is 4.74 Å². The van der Waals surface area contributed by atoms with Crippen molar-refractivity contribution in [2.24, 2.45) is 11.8 Å². The van der Waals surface area contributed by atoms with Crippen LogP contribution in [0.1, 0.15) is 39.0 Å². The van der Waals surface area contributed by atoms with E-state index >= 15 is 0 Å². The number of hydrogen-bond acceptors (Lipinski definition) is 3. The molecule has 1 saturated heterocycles. The van der Waals surface area contributed by atoms with Crippen molar-refractivity contribution in [3.05, 3.63) is 53.1 Å². The van der Waals surface area contributed by atoms with Crippen LogP contribution in [0.2, 0.25) is 0 Å². The van der Waals surface area contributed by atoms with Gasteiger partial charge in [0.05, 0.1) is 6.61 Å². The summed E-state index contributed by atoms with van der Waals surface area (Å²) in [6, 6.07) is 0. The molecule has 2 fully saturated rings. The first-order chi connectivity index (χ1) is 11.6. The summed E-state index contributed by atoms with van der Waals surface area (Å²) in [6.07, 6.45) is 10.4. The molecule has 1 heterocycles. The van der Waals surface area contributed by atoms with Crippen LogP contribution < -0.4 is 5.32 Å². The largest absolute Gasteiger partial charge is 0.353 e. The molecule has 1 aliphatic heterocycles. The Bertz CT molecular complexity index is 683. The Morgan fingerprint density at radius 3 is 2.79 bits per heavy atom. The van der Waals surface area contributed by atoms with Crippen LogP contribution in [-0.2, 0) is 9.53 Å². The summed E-state index contributed by atoms with van der Waals surface area (Å²) in [7, 11) is 0. The quantitative estimate of drug-likeness (QED) is 0.442. The van der Waals surface area contributed by atoms with Crippen LogP contribution in [0.3, 0.4) is 0 Å². The monoisotopic (exact) mass is 323 g/mol. The minimum Gasteiger partial charge on any atom is -0.353 e. The number of ketones is 1. The van der Waals surface area contributed by atoms with E-state index in [4.69, 9.17) is 4.74 Å². The van der Waals surface area contributed by atoms with E-state index in [0.29, 0.717) is 24.8 Å². The number of rotatable bonds is 7. The number of epoxide rings is 1. The number of Topliss-reactive ketones (excluding diaryl/α,β-unsaturated/α-hetero) is 1. The zero-order valence-corrected chi connectivity index (χ0v) is 14.4. The second-order valence-corrected chi connectivity index (χ2v) is 6.82. The van der Waals surface area contributed by atoms with Crippen LogP contribution >= 0.6 is 0 Å². The molecule has 0 amide bonds. The van der Waals surface area contributed by atoms with Crippen molar-refractivity contribution in [1.82, 2.24) is 5.32 Å². The fourth-order valence-corrected chi connectivity index (χ4v) is 3.67. The number of carbonyl (C=O) groups is 1. The SMILES string of the molecule is C=C(C(=O)CC)C1CCC(C2(NCC3=C=C=CC=C=C3)CO2)CC1. The highest BCUT2D eigenvalue weighted by Gasteiger charge is 2.51. The van der Waals surface area contributed by atoms with Crippen molar-refractivity contribution in [3.63, 3.8) is 0 Å². The summed E-state index contributed by atoms with van der Waals surface area (Å²) in [5.41, 5.74) is 10.9. The van der Waals surface area contributed by atoms with Crippen molar-refractivity contribution < 1.29 is 9.53 Å². The zero-order valence-electron chi connectivity index (χ0n) is 14.4. The predicted octanol–water partition coefficient (Wildman–Crippen LogP) is 3.61. The third-order valence-electron chi connectivity index (χ3n) is 5.35. The highest BCUT2D eigenvalue weighted by molar-refractivity contribution is 5.94. The van der Waals surface area contributed by atoms with Gasteiger partial charge in [-0.25, -0.2) is 0 Å². The number of carbonyl (C=O) groups excluding carboxylic acids is 1. The van der Waals surface area contributed by atoms with Gasteiger partial charge in [-0.15, -0.1) is 5.73 Å². The van der Waals surface area contributed by atoms with Crippen LogP contribution in [0.4, 0.5) is 0 Å². The molecule has 0 bridgehead atoms. The van der Waals surface area contributed by atoms with Gasteiger partial charge in [0, 0.05) is 24.5 Å². The Morgan fingerprint density at radius 2 is 2.12 bits per heavy atom. The van der Waals surface area contributed by atoms with E-state index in [0.717, 1.165) is 43.4 Å². The van der Waals surface area contributed by atoms with Crippen LogP contribution in [0, 0.1) is 11.8 Å². The lowest BCUT2D eigenvalue weighted by molar-refractivity contribution is -0.115. The van der Waals surface area contributed by atoms with Crippen LogP contribution in [0.25, 0.3) is 0 Å². The summed E-state index contributed by atoms with van der Waals surface area (Å²) in [5.74, 6) is 1.08. The van der Waals surface area contributed by atoms with Crippen LogP contribution in [0.15, 0.2) is 53.1 Å². The molecule has 3 aliphatic rings. The molecule has 1 unspecified atom stereocenters. The summed E-state index contributed by atoms with van der Waals surface area (Å²) in [5, 5.41) is 3.57. The summed E-state index contributed by atoms with van der Waals surface area (Å²) < 4.78 is 5.81. The second kappa shape index (κ2) is 7.36. The van der Waals surface area contributed by atoms with Gasteiger partial charge in [-0.2, -0.15) is 0 Å². The Balaban J connectivity index is 1.53. The number of nitrogens with one attached hydrogen (secondary N) is 1. The third kappa shape index (κ3) is 3.79. The average Bonchev–Trinajstić information content (AvgIpc) is 3.43. The van der Waals surface area contributed by atoms with Crippen molar-refractivity contribution in [2.45, 2.75) is 44.8 Å². The van der Waals surface area contributed by atoms with Crippen molar-refractivity contribution in [1.29, 1.82) is 0 Å². The molecule has 3 nitrogen and oxygen atoms in total. The molecule has 2 aliphatic carbocycles. The first kappa shape index (κ1) is 17.0. The summed E-state index contributed by atoms with van der Waals surface area (Å²) in [4.78, 5) is 11.8. The lowest BCUT2D eigenvalue weighted by Gasteiger charge is -2.33. The molecular weight excluding hydrogens is 298 g/mol. The molecule has 0 aromatic rings. The maximum Gasteiger partial charge on any atom is 0.158 e. The maximum absolute atomic E-state index is 11.8. The smallest absolute Gasteiger partial charge is 0.158 e. The van der Waals surface area contributed by atoms with Gasteiger partial charge in [0.1, 0.15) is 5.72 Å². The Kier molecular flexibility index (Phi) is 5.21. The molecule has 1 atom stereocenters. The van der Waals surface area contributed by atoms with E-state index in [2.05, 4.69) is 29.1 Å². The second-order valence-electron chi connectivity index (χ2n) is 6.82. The first-order valence-corrected chi connectivity index (χ1v) is 8.87. The zero-order chi connectivity index (χ0) is 17.0. The lowest BCUT2D eigenvalue weighted by atomic mass is 9.75. The lowest BCUT2D eigenvalue weighted by Crippen LogP contribution is -2.42.